The molecule has 1 amide bonds. The molecule has 3 aromatic rings. The lowest BCUT2D eigenvalue weighted by Gasteiger charge is -2.21. The van der Waals surface area contributed by atoms with Crippen molar-refractivity contribution in [3.8, 4) is 22.8 Å². The molecule has 1 heterocycles. The third-order valence-electron chi connectivity index (χ3n) is 5.49. The number of benzene rings is 2. The zero-order valence-electron chi connectivity index (χ0n) is 19.7. The van der Waals surface area contributed by atoms with Crippen LogP contribution in [0.25, 0.3) is 11.1 Å². The van der Waals surface area contributed by atoms with Crippen molar-refractivity contribution >= 4 is 15.9 Å². The molecule has 3 rings (SSSR count). The molecule has 0 aliphatic heterocycles. The summed E-state index contributed by atoms with van der Waals surface area (Å²) in [6.45, 7) is 4.37. The van der Waals surface area contributed by atoms with Gasteiger partial charge in [0.05, 0.1) is 19.1 Å². The number of likely N-dealkylation sites (N-methyl/N-ethyl adjacent to an activating group) is 1. The van der Waals surface area contributed by atoms with Crippen LogP contribution in [-0.2, 0) is 10.0 Å². The van der Waals surface area contributed by atoms with Crippen LogP contribution in [0.1, 0.15) is 22.8 Å². The fourth-order valence-corrected chi connectivity index (χ4v) is 4.90. The summed E-state index contributed by atoms with van der Waals surface area (Å²) < 4.78 is 39.0. The van der Waals surface area contributed by atoms with Crippen molar-refractivity contribution in [2.45, 2.75) is 18.7 Å². The van der Waals surface area contributed by atoms with E-state index in [-0.39, 0.29) is 23.9 Å². The van der Waals surface area contributed by atoms with E-state index in [1.54, 1.807) is 60.5 Å². The highest BCUT2D eigenvalue weighted by atomic mass is 32.2. The first kappa shape index (κ1) is 25.2. The number of amides is 1. The van der Waals surface area contributed by atoms with E-state index in [0.717, 1.165) is 11.1 Å². The van der Waals surface area contributed by atoms with Crippen LogP contribution in [0.3, 0.4) is 0 Å². The second kappa shape index (κ2) is 11.1. The monoisotopic (exact) mass is 483 g/mol. The molecule has 0 spiro atoms. The van der Waals surface area contributed by atoms with E-state index in [1.165, 1.54) is 14.2 Å². The van der Waals surface area contributed by atoms with Crippen molar-refractivity contribution < 1.29 is 22.7 Å². The maximum absolute atomic E-state index is 13.1. The molecule has 0 saturated carbocycles. The summed E-state index contributed by atoms with van der Waals surface area (Å²) in [5.41, 5.74) is 2.65. The van der Waals surface area contributed by atoms with E-state index >= 15 is 0 Å². The average Bonchev–Trinajstić information content (AvgIpc) is 2.86. The van der Waals surface area contributed by atoms with Crippen molar-refractivity contribution in [1.29, 1.82) is 0 Å². The van der Waals surface area contributed by atoms with Crippen LogP contribution in [0.4, 0.5) is 0 Å². The van der Waals surface area contributed by atoms with Gasteiger partial charge >= 0.3 is 0 Å². The highest BCUT2D eigenvalue weighted by Crippen LogP contribution is 2.28. The Labute approximate surface area is 200 Å². The fraction of sp³-hybridized carbons (Fsp3) is 0.280. The van der Waals surface area contributed by atoms with Crippen molar-refractivity contribution in [1.82, 2.24) is 14.6 Å². The number of hydrogen-bond acceptors (Lipinski definition) is 6. The first-order chi connectivity index (χ1) is 16.3. The van der Waals surface area contributed by atoms with Crippen LogP contribution in [0, 0.1) is 6.92 Å². The Morgan fingerprint density at radius 2 is 1.82 bits per heavy atom. The number of carbonyl (C=O) groups excluding carboxylic acids is 1. The van der Waals surface area contributed by atoms with Crippen molar-refractivity contribution in [2.75, 3.05) is 33.9 Å². The first-order valence-electron chi connectivity index (χ1n) is 10.8. The molecule has 0 aliphatic rings. The second-order valence-corrected chi connectivity index (χ2v) is 9.27. The van der Waals surface area contributed by atoms with Crippen LogP contribution in [0.2, 0.25) is 0 Å². The number of pyridine rings is 1. The Bertz CT molecular complexity index is 1240. The maximum Gasteiger partial charge on any atom is 0.254 e. The third-order valence-corrected chi connectivity index (χ3v) is 7.09. The Kier molecular flexibility index (Phi) is 8.25. The van der Waals surface area contributed by atoms with Gasteiger partial charge in [0, 0.05) is 43.0 Å². The number of nitrogens with one attached hydrogen (secondary N) is 1. The molecule has 0 saturated heterocycles. The Balaban J connectivity index is 1.72. The van der Waals surface area contributed by atoms with E-state index in [9.17, 15) is 13.2 Å². The molecular weight excluding hydrogens is 454 g/mol. The Morgan fingerprint density at radius 1 is 1.06 bits per heavy atom. The summed E-state index contributed by atoms with van der Waals surface area (Å²) in [5.74, 6) is 0.881. The first-order valence-corrected chi connectivity index (χ1v) is 12.3. The predicted octanol–water partition coefficient (Wildman–Crippen LogP) is 3.51. The highest BCUT2D eigenvalue weighted by molar-refractivity contribution is 7.89. The van der Waals surface area contributed by atoms with Crippen LogP contribution < -0.4 is 14.2 Å². The highest BCUT2D eigenvalue weighted by Gasteiger charge is 2.20. The molecule has 34 heavy (non-hydrogen) atoms. The smallest absolute Gasteiger partial charge is 0.254 e. The molecule has 180 valence electrons. The zero-order chi connectivity index (χ0) is 24.7. The number of rotatable bonds is 10. The van der Waals surface area contributed by atoms with Gasteiger partial charge in [0.1, 0.15) is 5.75 Å². The Hall–Kier alpha value is -3.43. The largest absolute Gasteiger partial charge is 0.497 e. The maximum atomic E-state index is 13.1. The zero-order valence-corrected chi connectivity index (χ0v) is 20.6. The van der Waals surface area contributed by atoms with Gasteiger partial charge in [0.2, 0.25) is 15.9 Å². The fourth-order valence-electron chi connectivity index (χ4n) is 3.61. The lowest BCUT2D eigenvalue weighted by Crippen LogP contribution is -2.38. The van der Waals surface area contributed by atoms with Gasteiger partial charge in [-0.05, 0) is 55.3 Å². The normalized spacial score (nSPS) is 11.2. The van der Waals surface area contributed by atoms with Crippen molar-refractivity contribution in [3.63, 3.8) is 0 Å². The Morgan fingerprint density at radius 3 is 2.47 bits per heavy atom. The van der Waals surface area contributed by atoms with Gasteiger partial charge in [-0.3, -0.25) is 4.79 Å². The van der Waals surface area contributed by atoms with Gasteiger partial charge in [0.25, 0.3) is 5.91 Å². The summed E-state index contributed by atoms with van der Waals surface area (Å²) in [5, 5.41) is 0. The summed E-state index contributed by atoms with van der Waals surface area (Å²) in [6, 6.07) is 15.6. The summed E-state index contributed by atoms with van der Waals surface area (Å²) in [4.78, 5) is 18.8. The van der Waals surface area contributed by atoms with Crippen LogP contribution in [-0.4, -0.2) is 58.1 Å². The topological polar surface area (TPSA) is 97.8 Å². The van der Waals surface area contributed by atoms with E-state index < -0.39 is 10.0 Å². The second-order valence-electron chi connectivity index (χ2n) is 7.53. The molecule has 0 fully saturated rings. The van der Waals surface area contributed by atoms with Gasteiger partial charge in [0.15, 0.2) is 0 Å². The number of aromatic nitrogens is 1. The molecule has 1 N–H and O–H groups in total. The minimum Gasteiger partial charge on any atom is -0.497 e. The van der Waals surface area contributed by atoms with Gasteiger partial charge < -0.3 is 14.4 Å². The van der Waals surface area contributed by atoms with Crippen molar-refractivity contribution in [2.24, 2.45) is 0 Å². The SMILES string of the molecule is CCN(CCNS(=O)(=O)c1cccc(-c2ccc(OC)nc2)c1C)C(=O)c1cccc(OC)c1. The van der Waals surface area contributed by atoms with Crippen molar-refractivity contribution in [3.05, 3.63) is 71.9 Å². The average molecular weight is 484 g/mol. The predicted molar refractivity (Wildman–Crippen MR) is 131 cm³/mol. The van der Waals surface area contributed by atoms with E-state index in [4.69, 9.17) is 9.47 Å². The van der Waals surface area contributed by atoms with Gasteiger partial charge in [-0.2, -0.15) is 0 Å². The molecular formula is C25H29N3O5S. The number of sulfonamides is 1. The molecule has 0 aliphatic carbocycles. The summed E-state index contributed by atoms with van der Waals surface area (Å²) >= 11 is 0. The minimum atomic E-state index is -3.79. The van der Waals surface area contributed by atoms with Crippen LogP contribution in [0.5, 0.6) is 11.6 Å². The third kappa shape index (κ3) is 5.73. The molecule has 0 atom stereocenters. The molecule has 1 aromatic heterocycles. The van der Waals surface area contributed by atoms with Crippen LogP contribution in [0.15, 0.2) is 65.7 Å². The standard InChI is InChI=1S/C25H29N3O5S/c1-5-28(25(29)19-8-6-9-21(16-19)32-3)15-14-27-34(30,31)23-11-7-10-22(18(23)2)20-12-13-24(33-4)26-17-20/h6-13,16-17,27H,5,14-15H2,1-4H3. The van der Waals surface area contributed by atoms with Crippen LogP contribution >= 0.6 is 0 Å². The lowest BCUT2D eigenvalue weighted by atomic mass is 10.0. The number of hydrogen-bond donors (Lipinski definition) is 1. The van der Waals surface area contributed by atoms with Gasteiger partial charge in [-0.1, -0.05) is 18.2 Å². The summed E-state index contributed by atoms with van der Waals surface area (Å²) in [7, 11) is -0.715. The molecule has 8 nitrogen and oxygen atoms in total. The molecule has 0 bridgehead atoms. The number of ether oxygens (including phenoxy) is 2. The number of nitrogens with zero attached hydrogens (tertiary/aromatic N) is 2. The van der Waals surface area contributed by atoms with E-state index in [1.807, 2.05) is 19.1 Å². The summed E-state index contributed by atoms with van der Waals surface area (Å²) in [6.07, 6.45) is 1.65. The molecule has 0 radical (unpaired) electrons. The van der Waals surface area contributed by atoms with Gasteiger partial charge in [-0.15, -0.1) is 0 Å². The minimum absolute atomic E-state index is 0.0830. The number of carbonyl (C=O) groups is 1. The molecule has 2 aromatic carbocycles. The van der Waals surface area contributed by atoms with E-state index in [2.05, 4.69) is 9.71 Å². The molecule has 9 heteroatoms. The quantitative estimate of drug-likeness (QED) is 0.474. The van der Waals surface area contributed by atoms with Gasteiger partial charge in [-0.25, -0.2) is 18.1 Å². The van der Waals surface area contributed by atoms with E-state index in [0.29, 0.717) is 29.3 Å². The lowest BCUT2D eigenvalue weighted by molar-refractivity contribution is 0.0767. The number of methoxy groups -OCH3 is 2. The molecule has 0 unspecified atom stereocenters.